The van der Waals surface area contributed by atoms with E-state index >= 15 is 0 Å². The van der Waals surface area contributed by atoms with E-state index in [1.807, 2.05) is 0 Å². The van der Waals surface area contributed by atoms with Crippen LogP contribution in [0.2, 0.25) is 0 Å². The summed E-state index contributed by atoms with van der Waals surface area (Å²) in [6, 6.07) is 28.7. The van der Waals surface area contributed by atoms with Crippen molar-refractivity contribution >= 4 is 46.9 Å². The summed E-state index contributed by atoms with van der Waals surface area (Å²) >= 11 is 0. The summed E-state index contributed by atoms with van der Waals surface area (Å²) in [5.74, 6) is -1.67. The Morgan fingerprint density at radius 2 is 1.33 bits per heavy atom. The molecule has 1 unspecified atom stereocenters. The molecule has 0 heterocycles. The van der Waals surface area contributed by atoms with Crippen LogP contribution in [0.15, 0.2) is 114 Å². The van der Waals surface area contributed by atoms with Crippen LogP contribution in [-0.2, 0) is 4.57 Å². The van der Waals surface area contributed by atoms with E-state index < -0.39 is 40.1 Å². The van der Waals surface area contributed by atoms with Gasteiger partial charge in [-0.2, -0.15) is 5.10 Å². The molecule has 0 saturated carbocycles. The Hall–Kier alpha value is -5.15. The number of nitrogens with one attached hydrogen (secondary N) is 2. The molecular weight excluding hydrogens is 521 g/mol. The predicted molar refractivity (Wildman–Crippen MR) is 149 cm³/mol. The highest BCUT2D eigenvalue weighted by Crippen LogP contribution is 2.47. The molecule has 4 aromatic rings. The first-order valence-electron chi connectivity index (χ1n) is 11.6. The van der Waals surface area contributed by atoms with Crippen LogP contribution in [0.5, 0.6) is 0 Å². The zero-order valence-corrected chi connectivity index (χ0v) is 21.2. The van der Waals surface area contributed by atoms with Gasteiger partial charge in [0.2, 0.25) is 0 Å². The number of rotatable bonds is 10. The van der Waals surface area contributed by atoms with Gasteiger partial charge in [0, 0.05) is 22.2 Å². The van der Waals surface area contributed by atoms with Gasteiger partial charge in [0.15, 0.2) is 7.14 Å². The Bertz CT molecular complexity index is 1520. The zero-order valence-electron chi connectivity index (χ0n) is 20.3. The first-order chi connectivity index (χ1) is 18.8. The SMILES string of the molecule is O=C(NC(C=NNc1ccc([N+](=O)[O-])cc1[N+](=O)[O-])P(=O)(c1ccccc1)c1ccccc1)c1ccccc1. The number of carbonyl (C=O) groups excluding carboxylic acids is 1. The zero-order chi connectivity index (χ0) is 27.8. The Labute approximate surface area is 222 Å². The molecule has 1 amide bonds. The van der Waals surface area contributed by atoms with E-state index in [0.717, 1.165) is 18.2 Å². The maximum Gasteiger partial charge on any atom is 0.301 e. The van der Waals surface area contributed by atoms with Crippen molar-refractivity contribution in [3.05, 3.63) is 135 Å². The number of nitro benzene ring substituents is 2. The van der Waals surface area contributed by atoms with E-state index in [2.05, 4.69) is 15.8 Å². The van der Waals surface area contributed by atoms with Crippen molar-refractivity contribution in [2.45, 2.75) is 5.78 Å². The first-order valence-corrected chi connectivity index (χ1v) is 13.4. The lowest BCUT2D eigenvalue weighted by Crippen LogP contribution is -2.41. The van der Waals surface area contributed by atoms with Crippen molar-refractivity contribution in [1.82, 2.24) is 5.32 Å². The normalized spacial score (nSPS) is 12.0. The minimum Gasteiger partial charge on any atom is -0.337 e. The number of anilines is 1. The average molecular weight is 543 g/mol. The minimum absolute atomic E-state index is 0.121. The quantitative estimate of drug-likeness (QED) is 0.127. The Kier molecular flexibility index (Phi) is 8.23. The van der Waals surface area contributed by atoms with Crippen LogP contribution in [0.4, 0.5) is 17.1 Å². The fourth-order valence-electron chi connectivity index (χ4n) is 3.86. The van der Waals surface area contributed by atoms with Gasteiger partial charge >= 0.3 is 5.69 Å². The first kappa shape index (κ1) is 26.9. The highest BCUT2D eigenvalue weighted by molar-refractivity contribution is 7.80. The van der Waals surface area contributed by atoms with Crippen molar-refractivity contribution in [1.29, 1.82) is 0 Å². The van der Waals surface area contributed by atoms with Crippen LogP contribution >= 0.6 is 7.14 Å². The van der Waals surface area contributed by atoms with Crippen molar-refractivity contribution < 1.29 is 19.2 Å². The van der Waals surface area contributed by atoms with Crippen LogP contribution in [0.1, 0.15) is 10.4 Å². The Morgan fingerprint density at radius 3 is 1.85 bits per heavy atom. The second-order valence-corrected chi connectivity index (χ2v) is 11.1. The number of non-ortho nitro benzene ring substituents is 1. The molecule has 0 aliphatic heterocycles. The number of amides is 1. The standard InChI is InChI=1S/C27H22N5O6P/c33-27(20-10-4-1-5-11-20)29-26(19-28-30-24-17-16-21(31(34)35)18-25(24)32(36)37)39(38,22-12-6-2-7-13-22)23-14-8-3-9-15-23/h1-19,26,30H,(H,29,33). The molecule has 4 aromatic carbocycles. The molecule has 2 N–H and O–H groups in total. The van der Waals surface area contributed by atoms with Gasteiger partial charge in [-0.3, -0.25) is 30.4 Å². The van der Waals surface area contributed by atoms with Crippen molar-refractivity contribution in [3.8, 4) is 0 Å². The van der Waals surface area contributed by atoms with Gasteiger partial charge in [-0.15, -0.1) is 0 Å². The number of hydrazone groups is 1. The lowest BCUT2D eigenvalue weighted by atomic mass is 10.2. The monoisotopic (exact) mass is 543 g/mol. The second-order valence-electron chi connectivity index (χ2n) is 8.22. The third-order valence-corrected chi connectivity index (χ3v) is 8.95. The average Bonchev–Trinajstić information content (AvgIpc) is 2.97. The third-order valence-electron chi connectivity index (χ3n) is 5.78. The van der Waals surface area contributed by atoms with E-state index in [4.69, 9.17) is 0 Å². The van der Waals surface area contributed by atoms with Gasteiger partial charge in [-0.25, -0.2) is 0 Å². The highest BCUT2D eigenvalue weighted by atomic mass is 31.2. The van der Waals surface area contributed by atoms with E-state index in [0.29, 0.717) is 16.2 Å². The van der Waals surface area contributed by atoms with Gasteiger partial charge in [0.1, 0.15) is 11.5 Å². The van der Waals surface area contributed by atoms with Crippen LogP contribution < -0.4 is 21.4 Å². The highest BCUT2D eigenvalue weighted by Gasteiger charge is 2.37. The molecule has 0 aliphatic rings. The molecule has 11 nitrogen and oxygen atoms in total. The topological polar surface area (TPSA) is 157 Å². The molecule has 0 radical (unpaired) electrons. The molecule has 39 heavy (non-hydrogen) atoms. The molecule has 1 atom stereocenters. The number of hydrogen-bond acceptors (Lipinski definition) is 8. The van der Waals surface area contributed by atoms with Gasteiger partial charge < -0.3 is 9.88 Å². The largest absolute Gasteiger partial charge is 0.337 e. The molecule has 12 heteroatoms. The molecule has 196 valence electrons. The third kappa shape index (κ3) is 6.06. The van der Waals surface area contributed by atoms with Gasteiger partial charge in [-0.1, -0.05) is 78.9 Å². The summed E-state index contributed by atoms with van der Waals surface area (Å²) in [5.41, 5.74) is 1.70. The molecule has 4 rings (SSSR count). The van der Waals surface area contributed by atoms with Gasteiger partial charge in [0.05, 0.1) is 22.1 Å². The fourth-order valence-corrected chi connectivity index (χ4v) is 6.58. The smallest absolute Gasteiger partial charge is 0.301 e. The van der Waals surface area contributed by atoms with Crippen LogP contribution in [-0.4, -0.2) is 27.8 Å². The number of benzene rings is 4. The number of carbonyl (C=O) groups is 1. The summed E-state index contributed by atoms with van der Waals surface area (Å²) in [6.07, 6.45) is 1.22. The fraction of sp³-hybridized carbons (Fsp3) is 0.0370. The molecular formula is C27H22N5O6P. The maximum absolute atomic E-state index is 14.9. The van der Waals surface area contributed by atoms with E-state index in [-0.39, 0.29) is 5.69 Å². The van der Waals surface area contributed by atoms with Crippen molar-refractivity contribution in [2.75, 3.05) is 5.43 Å². The van der Waals surface area contributed by atoms with Crippen LogP contribution in [0.25, 0.3) is 0 Å². The van der Waals surface area contributed by atoms with E-state index in [1.54, 1.807) is 91.0 Å². The Morgan fingerprint density at radius 1 is 0.795 bits per heavy atom. The lowest BCUT2D eigenvalue weighted by Gasteiger charge is -2.27. The molecule has 0 bridgehead atoms. The van der Waals surface area contributed by atoms with E-state index in [9.17, 15) is 29.6 Å². The van der Waals surface area contributed by atoms with Crippen molar-refractivity contribution in [2.24, 2.45) is 5.10 Å². The minimum atomic E-state index is -3.63. The summed E-state index contributed by atoms with van der Waals surface area (Å²) < 4.78 is 14.9. The molecule has 0 aliphatic carbocycles. The van der Waals surface area contributed by atoms with Gasteiger partial charge in [-0.05, 0) is 18.2 Å². The Balaban J connectivity index is 1.77. The van der Waals surface area contributed by atoms with Crippen LogP contribution in [0.3, 0.4) is 0 Å². The maximum atomic E-state index is 14.9. The molecule has 0 fully saturated rings. The molecule has 0 spiro atoms. The molecule has 0 aromatic heterocycles. The number of nitro groups is 2. The summed E-state index contributed by atoms with van der Waals surface area (Å²) in [4.78, 5) is 34.2. The summed E-state index contributed by atoms with van der Waals surface area (Å²) in [6.45, 7) is 0. The van der Waals surface area contributed by atoms with Crippen LogP contribution in [0, 0.1) is 20.2 Å². The molecule has 0 saturated heterocycles. The summed E-state index contributed by atoms with van der Waals surface area (Å²) in [7, 11) is -3.63. The number of hydrogen-bond donors (Lipinski definition) is 2. The van der Waals surface area contributed by atoms with E-state index in [1.165, 1.54) is 6.21 Å². The van der Waals surface area contributed by atoms with Gasteiger partial charge in [0.25, 0.3) is 11.6 Å². The predicted octanol–water partition coefficient (Wildman–Crippen LogP) is 4.67. The summed E-state index contributed by atoms with van der Waals surface area (Å²) in [5, 5.41) is 30.4. The van der Waals surface area contributed by atoms with Crippen molar-refractivity contribution in [3.63, 3.8) is 0 Å². The lowest BCUT2D eigenvalue weighted by molar-refractivity contribution is -0.393. The second kappa shape index (κ2) is 11.9. The number of nitrogens with zero attached hydrogens (tertiary/aromatic N) is 3.